The number of ether oxygens (including phenoxy) is 1. The first-order valence-corrected chi connectivity index (χ1v) is 13.9. The first-order chi connectivity index (χ1) is 21.4. The molecule has 0 aliphatic rings. The molecule has 6 nitrogen and oxygen atoms in total. The average molecular weight is 662 g/mol. The minimum Gasteiger partial charge on any atom is -0.478 e. The molecule has 0 bridgehead atoms. The van der Waals surface area contributed by atoms with Crippen molar-refractivity contribution in [3.63, 3.8) is 0 Å². The molecule has 0 spiro atoms. The Morgan fingerprint density at radius 2 is 1.48 bits per heavy atom. The summed E-state index contributed by atoms with van der Waals surface area (Å²) in [6.07, 6.45) is -7.99. The van der Waals surface area contributed by atoms with Crippen molar-refractivity contribution in [3.05, 3.63) is 116 Å². The summed E-state index contributed by atoms with van der Waals surface area (Å²) in [5, 5.41) is 21.6. The van der Waals surface area contributed by atoms with E-state index in [-0.39, 0.29) is 41.0 Å². The lowest BCUT2D eigenvalue weighted by Gasteiger charge is -2.15. The summed E-state index contributed by atoms with van der Waals surface area (Å²) in [7, 11) is 0. The lowest BCUT2D eigenvalue weighted by atomic mass is 10.0. The van der Waals surface area contributed by atoms with Crippen molar-refractivity contribution >= 4 is 41.3 Å². The van der Waals surface area contributed by atoms with Crippen molar-refractivity contribution in [3.8, 4) is 11.5 Å². The van der Waals surface area contributed by atoms with Crippen molar-refractivity contribution in [2.75, 3.05) is 5.32 Å². The largest absolute Gasteiger partial charge is 0.478 e. The van der Waals surface area contributed by atoms with Gasteiger partial charge >= 0.3 is 18.3 Å². The fourth-order valence-electron chi connectivity index (χ4n) is 4.55. The Balaban J connectivity index is 1.62. The predicted molar refractivity (Wildman–Crippen MR) is 164 cm³/mol. The molecule has 3 aromatic carbocycles. The van der Waals surface area contributed by atoms with E-state index in [0.717, 1.165) is 34.9 Å². The molecule has 1 heterocycles. The molecule has 4 aromatic rings. The normalized spacial score (nSPS) is 12.0. The third kappa shape index (κ3) is 8.25. The third-order valence-corrected chi connectivity index (χ3v) is 7.33. The van der Waals surface area contributed by atoms with E-state index in [1.807, 2.05) is 13.8 Å². The molecule has 0 aliphatic carbocycles. The van der Waals surface area contributed by atoms with Crippen LogP contribution in [0.4, 0.5) is 32.2 Å². The van der Waals surface area contributed by atoms with Crippen LogP contribution < -0.4 is 10.1 Å². The second kappa shape index (κ2) is 13.3. The van der Waals surface area contributed by atoms with Gasteiger partial charge in [0.1, 0.15) is 17.3 Å². The summed E-state index contributed by atoms with van der Waals surface area (Å²) in [6, 6.07) is 12.7. The van der Waals surface area contributed by atoms with E-state index in [9.17, 15) is 36.2 Å². The highest BCUT2D eigenvalue weighted by Crippen LogP contribution is 2.37. The topological polar surface area (TPSA) is 95.3 Å². The van der Waals surface area contributed by atoms with Gasteiger partial charge in [-0.2, -0.15) is 26.3 Å². The Hall–Kier alpha value is -4.84. The molecule has 0 saturated heterocycles. The smallest absolute Gasteiger partial charge is 0.416 e. The molecule has 0 atom stereocenters. The highest BCUT2D eigenvalue weighted by molar-refractivity contribution is 6.32. The Kier molecular flexibility index (Phi) is 9.81. The highest BCUT2D eigenvalue weighted by Gasteiger charge is 2.36. The fourth-order valence-corrected chi connectivity index (χ4v) is 4.65. The van der Waals surface area contributed by atoms with E-state index in [1.165, 1.54) is 6.92 Å². The molecule has 0 radical (unpaired) electrons. The first kappa shape index (κ1) is 34.0. The van der Waals surface area contributed by atoms with Gasteiger partial charge in [-0.1, -0.05) is 29.8 Å². The number of anilines is 1. The van der Waals surface area contributed by atoms with Crippen LogP contribution in [-0.2, 0) is 18.9 Å². The molecular formula is C33H26ClF6N3O3. The number of carboxylic acids is 1. The Morgan fingerprint density at radius 3 is 1.98 bits per heavy atom. The number of aryl methyl sites for hydroxylation is 2. The van der Waals surface area contributed by atoms with Gasteiger partial charge in [0.2, 0.25) is 0 Å². The standard InChI is InChI=1S/C33H26ClF6N3O3/c1-17-10-26(11-18(2)29(17)34)46-25-8-5-20(6-9-25)16-42-30-28(19(3)41)27(31(44)45)15-24(43-30)7-4-21-12-22(32(35,36)37)14-23(13-21)33(38,39)40/h4-15,41H,16H2,1-3H3,(H,42,43)(H,44,45). The minimum absolute atomic E-state index is 0.0139. The maximum absolute atomic E-state index is 13.3. The quantitative estimate of drug-likeness (QED) is 0.123. The molecule has 0 fully saturated rings. The summed E-state index contributed by atoms with van der Waals surface area (Å²) >= 11 is 6.22. The molecule has 0 unspecified atom stereocenters. The van der Waals surface area contributed by atoms with E-state index < -0.39 is 35.0 Å². The first-order valence-electron chi connectivity index (χ1n) is 13.5. The number of benzene rings is 3. The Labute approximate surface area is 264 Å². The van der Waals surface area contributed by atoms with Gasteiger partial charge in [-0.05, 0) is 97.6 Å². The van der Waals surface area contributed by atoms with Crippen molar-refractivity contribution < 1.29 is 41.0 Å². The SMILES string of the molecule is CC(=N)c1c(C(=O)O)cc(C=Cc2cc(C(F)(F)F)cc(C(F)(F)F)c2)nc1NCc1ccc(Oc2cc(C)c(Cl)c(C)c2)cc1. The van der Waals surface area contributed by atoms with E-state index in [4.69, 9.17) is 21.7 Å². The second-order valence-electron chi connectivity index (χ2n) is 10.4. The van der Waals surface area contributed by atoms with Gasteiger partial charge in [-0.15, -0.1) is 0 Å². The summed E-state index contributed by atoms with van der Waals surface area (Å²) < 4.78 is 85.7. The van der Waals surface area contributed by atoms with Crippen molar-refractivity contribution in [2.24, 2.45) is 0 Å². The molecule has 240 valence electrons. The number of carboxylic acid groups (broad SMARTS) is 1. The molecule has 0 saturated carbocycles. The van der Waals surface area contributed by atoms with Gasteiger partial charge in [0.15, 0.2) is 0 Å². The number of hydrogen-bond acceptors (Lipinski definition) is 5. The summed E-state index contributed by atoms with van der Waals surface area (Å²) in [5.41, 5.74) is -1.52. The number of aromatic carboxylic acids is 1. The average Bonchev–Trinajstić information content (AvgIpc) is 2.97. The molecule has 1 aromatic heterocycles. The molecule has 3 N–H and O–H groups in total. The van der Waals surface area contributed by atoms with Gasteiger partial charge in [0.05, 0.1) is 27.9 Å². The maximum Gasteiger partial charge on any atom is 0.416 e. The zero-order valence-corrected chi connectivity index (χ0v) is 25.2. The summed E-state index contributed by atoms with van der Waals surface area (Å²) in [6.45, 7) is 5.22. The fraction of sp³-hybridized carbons (Fsp3) is 0.182. The van der Waals surface area contributed by atoms with Crippen LogP contribution >= 0.6 is 11.6 Å². The lowest BCUT2D eigenvalue weighted by molar-refractivity contribution is -0.143. The van der Waals surface area contributed by atoms with Crippen molar-refractivity contribution in [1.82, 2.24) is 4.98 Å². The van der Waals surface area contributed by atoms with Crippen LogP contribution in [0.5, 0.6) is 11.5 Å². The van der Waals surface area contributed by atoms with Crippen LogP contribution in [0.2, 0.25) is 5.02 Å². The summed E-state index contributed by atoms with van der Waals surface area (Å²) in [5.74, 6) is -0.275. The molecule has 0 amide bonds. The monoisotopic (exact) mass is 661 g/mol. The molecule has 46 heavy (non-hydrogen) atoms. The van der Waals surface area contributed by atoms with Crippen LogP contribution in [0, 0.1) is 19.3 Å². The second-order valence-corrected chi connectivity index (χ2v) is 10.8. The number of aromatic nitrogens is 1. The van der Waals surface area contributed by atoms with Crippen LogP contribution in [0.15, 0.2) is 60.7 Å². The van der Waals surface area contributed by atoms with Gasteiger partial charge in [0.25, 0.3) is 0 Å². The van der Waals surface area contributed by atoms with Crippen molar-refractivity contribution in [2.45, 2.75) is 39.7 Å². The molecule has 13 heteroatoms. The minimum atomic E-state index is -5.03. The number of pyridine rings is 1. The highest BCUT2D eigenvalue weighted by atomic mass is 35.5. The molecule has 4 rings (SSSR count). The van der Waals surface area contributed by atoms with E-state index in [0.29, 0.717) is 28.7 Å². The number of nitrogens with zero attached hydrogens (tertiary/aromatic N) is 1. The van der Waals surface area contributed by atoms with E-state index in [1.54, 1.807) is 36.4 Å². The zero-order valence-electron chi connectivity index (χ0n) is 24.5. The number of nitrogens with one attached hydrogen (secondary N) is 2. The van der Waals surface area contributed by atoms with Gasteiger partial charge in [-0.25, -0.2) is 9.78 Å². The maximum atomic E-state index is 13.3. The van der Waals surface area contributed by atoms with Gasteiger partial charge in [0, 0.05) is 17.3 Å². The van der Waals surface area contributed by atoms with E-state index >= 15 is 0 Å². The van der Waals surface area contributed by atoms with Crippen LogP contribution in [0.3, 0.4) is 0 Å². The predicted octanol–water partition coefficient (Wildman–Crippen LogP) is 10.1. The van der Waals surface area contributed by atoms with Crippen LogP contribution in [-0.4, -0.2) is 21.8 Å². The third-order valence-electron chi connectivity index (χ3n) is 6.73. The lowest BCUT2D eigenvalue weighted by Crippen LogP contribution is -2.14. The number of carbonyl (C=O) groups is 1. The van der Waals surface area contributed by atoms with Crippen molar-refractivity contribution in [1.29, 1.82) is 5.41 Å². The number of rotatable bonds is 9. The number of hydrogen-bond donors (Lipinski definition) is 3. The number of halogens is 7. The molecular weight excluding hydrogens is 636 g/mol. The number of alkyl halides is 6. The van der Waals surface area contributed by atoms with Gasteiger partial charge in [-0.3, -0.25) is 0 Å². The summed E-state index contributed by atoms with van der Waals surface area (Å²) in [4.78, 5) is 16.4. The van der Waals surface area contributed by atoms with Crippen LogP contribution in [0.25, 0.3) is 12.2 Å². The van der Waals surface area contributed by atoms with E-state index in [2.05, 4.69) is 10.3 Å². The Morgan fingerprint density at radius 1 is 0.913 bits per heavy atom. The van der Waals surface area contributed by atoms with Crippen LogP contribution in [0.1, 0.15) is 61.9 Å². The molecule has 0 aliphatic heterocycles. The Bertz CT molecular complexity index is 1780. The van der Waals surface area contributed by atoms with Gasteiger partial charge < -0.3 is 20.6 Å². The zero-order chi connectivity index (χ0) is 34.0.